The van der Waals surface area contributed by atoms with Crippen LogP contribution < -0.4 is 0 Å². The van der Waals surface area contributed by atoms with Gasteiger partial charge in [-0.25, -0.2) is 9.59 Å². The van der Waals surface area contributed by atoms with Crippen molar-refractivity contribution in [3.63, 3.8) is 0 Å². The highest BCUT2D eigenvalue weighted by atomic mass is 16.7. The summed E-state index contributed by atoms with van der Waals surface area (Å²) in [7, 11) is 0. The van der Waals surface area contributed by atoms with E-state index >= 15 is 0 Å². The van der Waals surface area contributed by atoms with Crippen LogP contribution in [0.2, 0.25) is 0 Å². The molecule has 4 rings (SSSR count). The molecule has 2 aromatic rings. The van der Waals surface area contributed by atoms with E-state index in [-0.39, 0.29) is 66.6 Å². The van der Waals surface area contributed by atoms with Gasteiger partial charge in [-0.05, 0) is 48.9 Å². The second-order valence-electron chi connectivity index (χ2n) is 11.3. The van der Waals surface area contributed by atoms with E-state index in [9.17, 15) is 9.59 Å². The van der Waals surface area contributed by atoms with Crippen LogP contribution >= 0.6 is 0 Å². The Morgan fingerprint density at radius 2 is 1.18 bits per heavy atom. The van der Waals surface area contributed by atoms with E-state index in [4.69, 9.17) is 23.7 Å². The van der Waals surface area contributed by atoms with E-state index in [1.54, 1.807) is 24.3 Å². The third kappa shape index (κ3) is 6.89. The normalized spacial score (nSPS) is 34.7. The lowest BCUT2D eigenvalue weighted by Crippen LogP contribution is -2.53. The molecule has 7 heteroatoms. The second-order valence-corrected chi connectivity index (χ2v) is 11.3. The molecule has 7 nitrogen and oxygen atoms in total. The minimum Gasteiger partial charge on any atom is -0.459 e. The Bertz CT molecular complexity index is 1070. The maximum atomic E-state index is 12.7. The number of esters is 2. The fraction of sp³-hybridized carbons (Fsp3) is 0.562. The highest BCUT2D eigenvalue weighted by Gasteiger charge is 2.44. The predicted molar refractivity (Wildman–Crippen MR) is 147 cm³/mol. The van der Waals surface area contributed by atoms with Gasteiger partial charge in [-0.1, -0.05) is 71.0 Å². The zero-order valence-electron chi connectivity index (χ0n) is 23.8. The van der Waals surface area contributed by atoms with Crippen LogP contribution in [-0.2, 0) is 23.7 Å². The van der Waals surface area contributed by atoms with Crippen molar-refractivity contribution in [2.24, 2.45) is 29.6 Å². The van der Waals surface area contributed by atoms with Crippen LogP contribution in [0.4, 0.5) is 0 Å². The van der Waals surface area contributed by atoms with Gasteiger partial charge >= 0.3 is 11.9 Å². The molecule has 2 saturated heterocycles. The number of ether oxygens (including phenoxy) is 5. The molecule has 0 aromatic heterocycles. The van der Waals surface area contributed by atoms with Gasteiger partial charge in [0.2, 0.25) is 0 Å². The topological polar surface area (TPSA) is 80.3 Å². The smallest absolute Gasteiger partial charge is 0.338 e. The van der Waals surface area contributed by atoms with Gasteiger partial charge in [0.15, 0.2) is 6.29 Å². The van der Waals surface area contributed by atoms with E-state index in [0.717, 1.165) is 0 Å². The summed E-state index contributed by atoms with van der Waals surface area (Å²) < 4.78 is 30.5. The molecule has 2 aromatic carbocycles. The van der Waals surface area contributed by atoms with Crippen LogP contribution in [0.15, 0.2) is 60.7 Å². The van der Waals surface area contributed by atoms with E-state index in [0.29, 0.717) is 23.7 Å². The van der Waals surface area contributed by atoms with Crippen molar-refractivity contribution in [3.8, 4) is 0 Å². The highest BCUT2D eigenvalue weighted by Crippen LogP contribution is 2.37. The van der Waals surface area contributed by atoms with Gasteiger partial charge < -0.3 is 23.7 Å². The number of carbonyl (C=O) groups excluding carboxylic acids is 2. The van der Waals surface area contributed by atoms with Crippen LogP contribution in [0, 0.1) is 29.6 Å². The van der Waals surface area contributed by atoms with Crippen LogP contribution in [0.3, 0.4) is 0 Å². The summed E-state index contributed by atoms with van der Waals surface area (Å²) >= 11 is 0. The molecule has 2 aliphatic heterocycles. The summed E-state index contributed by atoms with van der Waals surface area (Å²) in [6.07, 6.45) is -1.49. The molecule has 0 amide bonds. The molecule has 0 bridgehead atoms. The van der Waals surface area contributed by atoms with Crippen molar-refractivity contribution in [1.29, 1.82) is 0 Å². The van der Waals surface area contributed by atoms with Crippen molar-refractivity contribution in [2.75, 3.05) is 13.2 Å². The first-order valence-corrected chi connectivity index (χ1v) is 14.1. The Morgan fingerprint density at radius 3 is 1.79 bits per heavy atom. The first kappa shape index (κ1) is 29.2. The monoisotopic (exact) mass is 538 g/mol. The lowest BCUT2D eigenvalue weighted by atomic mass is 9.79. The van der Waals surface area contributed by atoms with Gasteiger partial charge in [0.05, 0.1) is 36.0 Å². The van der Waals surface area contributed by atoms with Gasteiger partial charge in [0.25, 0.3) is 0 Å². The number of benzene rings is 2. The molecule has 4 unspecified atom stereocenters. The summed E-state index contributed by atoms with van der Waals surface area (Å²) in [5.41, 5.74) is 1.06. The summed E-state index contributed by atoms with van der Waals surface area (Å²) in [6.45, 7) is 13.1. The molecule has 2 aliphatic rings. The van der Waals surface area contributed by atoms with Crippen molar-refractivity contribution in [2.45, 2.75) is 72.2 Å². The Hall–Kier alpha value is -2.74. The van der Waals surface area contributed by atoms with Gasteiger partial charge in [0.1, 0.15) is 12.7 Å². The zero-order chi connectivity index (χ0) is 28.1. The molecule has 212 valence electrons. The van der Waals surface area contributed by atoms with E-state index < -0.39 is 6.29 Å². The molecule has 0 saturated carbocycles. The molecule has 39 heavy (non-hydrogen) atoms. The number of rotatable bonds is 8. The van der Waals surface area contributed by atoms with Crippen molar-refractivity contribution >= 4 is 11.9 Å². The average Bonchev–Trinajstić information content (AvgIpc) is 2.96. The van der Waals surface area contributed by atoms with Gasteiger partial charge in [-0.3, -0.25) is 0 Å². The highest BCUT2D eigenvalue weighted by molar-refractivity contribution is 5.89. The minimum absolute atomic E-state index is 0.0869. The van der Waals surface area contributed by atoms with Crippen LogP contribution in [-0.4, -0.2) is 55.9 Å². The molecule has 0 N–H and O–H groups in total. The quantitative estimate of drug-likeness (QED) is 0.394. The van der Waals surface area contributed by atoms with E-state index in [1.165, 1.54) is 0 Å². The molecular formula is C32H42O7. The predicted octanol–water partition coefficient (Wildman–Crippen LogP) is 5.78. The molecule has 0 spiro atoms. The third-order valence-corrected chi connectivity index (χ3v) is 8.83. The van der Waals surface area contributed by atoms with E-state index in [2.05, 4.69) is 34.6 Å². The number of carbonyl (C=O) groups is 2. The largest absolute Gasteiger partial charge is 0.459 e. The summed E-state index contributed by atoms with van der Waals surface area (Å²) in [4.78, 5) is 25.1. The summed E-state index contributed by atoms with van der Waals surface area (Å²) in [5, 5.41) is 0. The van der Waals surface area contributed by atoms with Crippen LogP contribution in [0.1, 0.15) is 62.3 Å². The molecular weight excluding hydrogens is 496 g/mol. The third-order valence-electron chi connectivity index (χ3n) is 8.83. The van der Waals surface area contributed by atoms with Gasteiger partial charge in [0, 0.05) is 11.8 Å². The standard InChI is InChI=1S/C32H42O7/c1-19-20(2)28(17-35-30(33)25-13-9-7-10-14-25)38-32(23(19)5)36-18-27-21(3)22(4)29(24(6)37-27)39-31(34)26-15-11-8-12-16-26/h7-16,19-24,27-29,32H,17-18H2,1-6H3/t19-,20-,21-,22-,23?,24-,27?,28?,29?,32-/m0/s1. The molecule has 10 atom stereocenters. The Kier molecular flexibility index (Phi) is 9.81. The molecule has 2 fully saturated rings. The fourth-order valence-electron chi connectivity index (χ4n) is 5.57. The van der Waals surface area contributed by atoms with Crippen LogP contribution in [0.25, 0.3) is 0 Å². The second kappa shape index (κ2) is 13.1. The average molecular weight is 539 g/mol. The van der Waals surface area contributed by atoms with E-state index in [1.807, 2.05) is 43.3 Å². The SMILES string of the molecule is CC1[C@@H](OCC2O[C@@H](C)C(OC(=O)c3ccccc3)[C@@H](C)[C@@H]2C)OC(COC(=O)c2ccccc2)[C@@H](C)[C@@H]1C. The summed E-state index contributed by atoms with van der Waals surface area (Å²) in [6, 6.07) is 18.0. The maximum absolute atomic E-state index is 12.7. The lowest BCUT2D eigenvalue weighted by Gasteiger charge is -2.45. The van der Waals surface area contributed by atoms with Crippen molar-refractivity contribution in [3.05, 3.63) is 71.8 Å². The number of hydrogen-bond acceptors (Lipinski definition) is 7. The first-order valence-electron chi connectivity index (χ1n) is 14.1. The lowest BCUT2D eigenvalue weighted by molar-refractivity contribution is -0.271. The molecule has 2 heterocycles. The van der Waals surface area contributed by atoms with Crippen molar-refractivity contribution in [1.82, 2.24) is 0 Å². The Balaban J connectivity index is 1.32. The maximum Gasteiger partial charge on any atom is 0.338 e. The minimum atomic E-state index is -0.438. The van der Waals surface area contributed by atoms with Gasteiger partial charge in [-0.15, -0.1) is 0 Å². The van der Waals surface area contributed by atoms with Gasteiger partial charge in [-0.2, -0.15) is 0 Å². The summed E-state index contributed by atoms with van der Waals surface area (Å²) in [5.74, 6) is 0.175. The van der Waals surface area contributed by atoms with Crippen LogP contribution in [0.5, 0.6) is 0 Å². The first-order chi connectivity index (χ1) is 18.7. The Morgan fingerprint density at radius 1 is 0.641 bits per heavy atom. The fourth-order valence-corrected chi connectivity index (χ4v) is 5.57. The Labute approximate surface area is 232 Å². The zero-order valence-corrected chi connectivity index (χ0v) is 23.8. The number of hydrogen-bond donors (Lipinski definition) is 0. The molecule has 0 aliphatic carbocycles. The van der Waals surface area contributed by atoms with Crippen molar-refractivity contribution < 1.29 is 33.3 Å². The molecule has 0 radical (unpaired) electrons.